The van der Waals surface area contributed by atoms with Crippen LogP contribution < -0.4 is 11.2 Å². The molecular weight excluding hydrogens is 458 g/mol. The molecule has 5 heterocycles. The van der Waals surface area contributed by atoms with Gasteiger partial charge in [0.1, 0.15) is 17.5 Å². The molecular formula is C23H25N5O5S. The summed E-state index contributed by atoms with van der Waals surface area (Å²) in [5.41, 5.74) is 2.12. The van der Waals surface area contributed by atoms with E-state index >= 15 is 0 Å². The third-order valence-corrected chi connectivity index (χ3v) is 7.40. The van der Waals surface area contributed by atoms with E-state index < -0.39 is 23.3 Å². The maximum atomic E-state index is 13.6. The average molecular weight is 484 g/mol. The molecule has 1 fully saturated rings. The van der Waals surface area contributed by atoms with Crippen LogP contribution in [-0.4, -0.2) is 54.4 Å². The molecule has 2 N–H and O–H groups in total. The number of nitrogens with one attached hydrogen (secondary N) is 1. The van der Waals surface area contributed by atoms with E-state index in [9.17, 15) is 19.5 Å². The lowest BCUT2D eigenvalue weighted by Crippen LogP contribution is -2.38. The van der Waals surface area contributed by atoms with E-state index in [1.54, 1.807) is 17.0 Å². The molecule has 0 radical (unpaired) electrons. The summed E-state index contributed by atoms with van der Waals surface area (Å²) in [6, 6.07) is 1.89. The molecule has 1 amide bonds. The summed E-state index contributed by atoms with van der Waals surface area (Å²) in [5, 5.41) is 12.1. The third-order valence-electron chi connectivity index (χ3n) is 6.19. The molecule has 10 nitrogen and oxygen atoms in total. The van der Waals surface area contributed by atoms with E-state index in [-0.39, 0.29) is 24.1 Å². The Balaban J connectivity index is 1.78. The highest BCUT2D eigenvalue weighted by Gasteiger charge is 2.33. The van der Waals surface area contributed by atoms with Crippen molar-refractivity contribution in [3.05, 3.63) is 61.0 Å². The van der Waals surface area contributed by atoms with E-state index in [4.69, 9.17) is 4.84 Å². The summed E-state index contributed by atoms with van der Waals surface area (Å²) in [7, 11) is 1.42. The van der Waals surface area contributed by atoms with Crippen LogP contribution in [0.15, 0.2) is 28.0 Å². The zero-order valence-corrected chi connectivity index (χ0v) is 19.9. The number of rotatable bonds is 5. The van der Waals surface area contributed by atoms with Gasteiger partial charge in [0.05, 0.1) is 17.5 Å². The van der Waals surface area contributed by atoms with E-state index in [1.165, 1.54) is 18.4 Å². The van der Waals surface area contributed by atoms with Gasteiger partial charge < -0.3 is 10.1 Å². The first-order valence-electron chi connectivity index (χ1n) is 11.1. The van der Waals surface area contributed by atoms with Crippen LogP contribution >= 0.6 is 11.3 Å². The van der Waals surface area contributed by atoms with Crippen LogP contribution in [0.25, 0.3) is 21.1 Å². The second-order valence-corrected chi connectivity index (χ2v) is 9.60. The van der Waals surface area contributed by atoms with E-state index in [1.807, 2.05) is 19.9 Å². The van der Waals surface area contributed by atoms with Crippen molar-refractivity contribution in [2.45, 2.75) is 39.3 Å². The predicted molar refractivity (Wildman–Crippen MR) is 128 cm³/mol. The van der Waals surface area contributed by atoms with Crippen molar-refractivity contribution in [2.24, 2.45) is 7.05 Å². The monoisotopic (exact) mass is 483 g/mol. The molecule has 0 spiro atoms. The zero-order valence-electron chi connectivity index (χ0n) is 19.1. The van der Waals surface area contributed by atoms with Crippen LogP contribution in [0.5, 0.6) is 0 Å². The molecule has 1 saturated heterocycles. The van der Waals surface area contributed by atoms with Crippen LogP contribution in [0.2, 0.25) is 0 Å². The number of hydrogen-bond donors (Lipinski definition) is 2. The van der Waals surface area contributed by atoms with Gasteiger partial charge in [-0.25, -0.2) is 9.86 Å². The number of aryl methyl sites for hydroxylation is 2. The number of pyridine rings is 1. The quantitative estimate of drug-likeness (QED) is 0.446. The molecule has 1 atom stereocenters. The summed E-state index contributed by atoms with van der Waals surface area (Å²) >= 11 is 1.28. The number of thiophene rings is 1. The van der Waals surface area contributed by atoms with Gasteiger partial charge in [-0.15, -0.1) is 11.3 Å². The number of aliphatic hydroxyl groups is 1. The second-order valence-electron chi connectivity index (χ2n) is 8.52. The lowest BCUT2D eigenvalue weighted by atomic mass is 10.0. The number of carbonyl (C=O) groups is 1. The first-order chi connectivity index (χ1) is 16.3. The van der Waals surface area contributed by atoms with Crippen molar-refractivity contribution in [3.63, 3.8) is 0 Å². The third kappa shape index (κ3) is 3.47. The van der Waals surface area contributed by atoms with Crippen LogP contribution in [0.1, 0.15) is 39.8 Å². The fourth-order valence-electron chi connectivity index (χ4n) is 4.50. The fourth-order valence-corrected chi connectivity index (χ4v) is 5.81. The summed E-state index contributed by atoms with van der Waals surface area (Å²) in [5.74, 6) is -0.493. The molecule has 4 aromatic rings. The fraction of sp³-hybridized carbons (Fsp3) is 0.391. The molecule has 0 aromatic carbocycles. The highest BCUT2D eigenvalue weighted by Crippen LogP contribution is 2.34. The Kier molecular flexibility index (Phi) is 5.62. The molecule has 4 aromatic heterocycles. The molecule has 0 aliphatic carbocycles. The molecule has 1 aliphatic rings. The molecule has 5 rings (SSSR count). The first-order valence-corrected chi connectivity index (χ1v) is 11.9. The van der Waals surface area contributed by atoms with Gasteiger partial charge in [0.15, 0.2) is 0 Å². The minimum absolute atomic E-state index is 0.00885. The topological polar surface area (TPSA) is 122 Å². The molecule has 0 unspecified atom stereocenters. The maximum Gasteiger partial charge on any atom is 0.331 e. The molecule has 1 aliphatic heterocycles. The number of amides is 1. The summed E-state index contributed by atoms with van der Waals surface area (Å²) in [4.78, 5) is 53.9. The molecule has 34 heavy (non-hydrogen) atoms. The molecule has 178 valence electrons. The minimum Gasteiger partial charge on any atom is -0.389 e. The Morgan fingerprint density at radius 2 is 2.18 bits per heavy atom. The van der Waals surface area contributed by atoms with E-state index in [0.29, 0.717) is 29.1 Å². The summed E-state index contributed by atoms with van der Waals surface area (Å²) in [6.45, 7) is 4.35. The highest BCUT2D eigenvalue weighted by atomic mass is 32.1. The van der Waals surface area contributed by atoms with Gasteiger partial charge in [-0.1, -0.05) is 6.92 Å². The normalized spacial score (nSPS) is 16.2. The van der Waals surface area contributed by atoms with Crippen molar-refractivity contribution in [1.82, 2.24) is 24.2 Å². The number of fused-ring (bicyclic) bond motifs is 2. The van der Waals surface area contributed by atoms with Crippen LogP contribution in [0, 0.1) is 6.92 Å². The summed E-state index contributed by atoms with van der Waals surface area (Å²) < 4.78 is 2.61. The van der Waals surface area contributed by atoms with Gasteiger partial charge in [-0.3, -0.25) is 28.5 Å². The lowest BCUT2D eigenvalue weighted by molar-refractivity contribution is -0.0778. The number of aliphatic hydroxyl groups excluding tert-OH is 1. The lowest BCUT2D eigenvalue weighted by Gasteiger charge is -2.15. The van der Waals surface area contributed by atoms with E-state index in [0.717, 1.165) is 31.8 Å². The van der Waals surface area contributed by atoms with Gasteiger partial charge in [-0.05, 0) is 25.0 Å². The van der Waals surface area contributed by atoms with Gasteiger partial charge in [0, 0.05) is 53.9 Å². The number of β-amino-alcohol motifs (C(OH)–C–C–N with tert-alkyl or cyclic N) is 1. The van der Waals surface area contributed by atoms with Crippen molar-refractivity contribution in [2.75, 3.05) is 13.2 Å². The number of aromatic nitrogens is 4. The number of hydrogen-bond acceptors (Lipinski definition) is 7. The van der Waals surface area contributed by atoms with Crippen LogP contribution in [0.4, 0.5) is 0 Å². The number of hydroxylamine groups is 2. The number of H-pyrrole nitrogens is 1. The Morgan fingerprint density at radius 3 is 2.88 bits per heavy atom. The van der Waals surface area contributed by atoms with Crippen molar-refractivity contribution in [3.8, 4) is 0 Å². The summed E-state index contributed by atoms with van der Waals surface area (Å²) in [6.07, 6.45) is 3.76. The molecule has 0 saturated carbocycles. The average Bonchev–Trinajstić information content (AvgIpc) is 3.51. The van der Waals surface area contributed by atoms with E-state index in [2.05, 4.69) is 9.97 Å². The van der Waals surface area contributed by atoms with Gasteiger partial charge >= 0.3 is 5.69 Å². The number of aromatic amines is 1. The second kappa shape index (κ2) is 8.49. The maximum absolute atomic E-state index is 13.6. The largest absolute Gasteiger partial charge is 0.389 e. The highest BCUT2D eigenvalue weighted by molar-refractivity contribution is 7.19. The standard InChI is InChI=1S/C23H25N5O5S/c1-4-7-27-22-19(20(30)26(3)23(27)32)18(21(31)28-10-13(29)11-33-28)17(34-22)8-14-12(2)25-16-5-6-24-9-15(14)16/h5-6,9,13,25,29H,4,7-8,10-11H2,1-3H3/t13-/m0/s1. The Hall–Kier alpha value is -3.28. The van der Waals surface area contributed by atoms with Crippen LogP contribution in [-0.2, 0) is 24.9 Å². The first kappa shape index (κ1) is 22.5. The Bertz CT molecular complexity index is 1550. The minimum atomic E-state index is -0.791. The number of nitrogens with zero attached hydrogens (tertiary/aromatic N) is 4. The molecule has 11 heteroatoms. The van der Waals surface area contributed by atoms with Gasteiger partial charge in [0.2, 0.25) is 0 Å². The SMILES string of the molecule is CCCn1c(=O)n(C)c(=O)c2c(C(=O)N3C[C@H](O)CO3)c(Cc3c(C)[nH]c4ccncc34)sc21. The Morgan fingerprint density at radius 1 is 1.38 bits per heavy atom. The van der Waals surface area contributed by atoms with Crippen molar-refractivity contribution >= 4 is 38.4 Å². The van der Waals surface area contributed by atoms with Crippen LogP contribution in [0.3, 0.4) is 0 Å². The smallest absolute Gasteiger partial charge is 0.331 e. The number of carbonyl (C=O) groups excluding carboxylic acids is 1. The van der Waals surface area contributed by atoms with Crippen molar-refractivity contribution < 1.29 is 14.7 Å². The Labute approximate surface area is 198 Å². The van der Waals surface area contributed by atoms with Gasteiger partial charge in [-0.2, -0.15) is 0 Å². The van der Waals surface area contributed by atoms with Crippen molar-refractivity contribution in [1.29, 1.82) is 0 Å². The predicted octanol–water partition coefficient (Wildman–Crippen LogP) is 1.70. The van der Waals surface area contributed by atoms with Gasteiger partial charge in [0.25, 0.3) is 11.5 Å². The zero-order chi connectivity index (χ0) is 24.1. The molecule has 0 bridgehead atoms.